The molecule has 0 aliphatic carbocycles. The molecule has 1 atom stereocenters. The van der Waals surface area contributed by atoms with Crippen LogP contribution in [0.25, 0.3) is 27.7 Å². The Morgan fingerprint density at radius 1 is 0.848 bits per heavy atom. The van der Waals surface area contributed by atoms with Crippen molar-refractivity contribution in [3.63, 3.8) is 0 Å². The lowest BCUT2D eigenvalue weighted by Crippen LogP contribution is -2.24. The first kappa shape index (κ1) is 19.8. The molecule has 160 valence electrons. The van der Waals surface area contributed by atoms with Gasteiger partial charge in [0.1, 0.15) is 5.82 Å². The van der Waals surface area contributed by atoms with E-state index in [2.05, 4.69) is 35.6 Å². The van der Waals surface area contributed by atoms with Gasteiger partial charge in [0.15, 0.2) is 0 Å². The van der Waals surface area contributed by atoms with Crippen molar-refractivity contribution in [3.8, 4) is 16.9 Å². The molecule has 1 unspecified atom stereocenters. The summed E-state index contributed by atoms with van der Waals surface area (Å²) in [5.74, 6) is 0.599. The zero-order valence-electron chi connectivity index (χ0n) is 17.7. The predicted octanol–water partition coefficient (Wildman–Crippen LogP) is 6.82. The van der Waals surface area contributed by atoms with Gasteiger partial charge in [-0.3, -0.25) is 4.79 Å². The molecule has 4 nitrogen and oxygen atoms in total. The summed E-state index contributed by atoms with van der Waals surface area (Å²) in [4.78, 5) is 12.9. The average Bonchev–Trinajstić information content (AvgIpc) is 3.23. The highest BCUT2D eigenvalue weighted by atomic mass is 35.5. The van der Waals surface area contributed by atoms with Crippen LogP contribution in [0.2, 0.25) is 5.02 Å². The van der Waals surface area contributed by atoms with Crippen molar-refractivity contribution in [3.05, 3.63) is 113 Å². The van der Waals surface area contributed by atoms with Crippen LogP contribution in [-0.2, 0) is 4.79 Å². The second-order valence-corrected chi connectivity index (χ2v) is 8.71. The third kappa shape index (κ3) is 3.49. The normalized spacial score (nSPS) is 15.3. The number of carbonyl (C=O) groups excluding carboxylic acids is 1. The van der Waals surface area contributed by atoms with Crippen LogP contribution < -0.4 is 5.32 Å². The molecular formula is C28H20ClN3O. The summed E-state index contributed by atoms with van der Waals surface area (Å²) < 4.78 is 1.84. The molecule has 1 amide bonds. The Kier molecular flexibility index (Phi) is 4.74. The van der Waals surface area contributed by atoms with E-state index in [4.69, 9.17) is 16.7 Å². The molecule has 1 aliphatic heterocycles. The van der Waals surface area contributed by atoms with Gasteiger partial charge in [0, 0.05) is 28.5 Å². The summed E-state index contributed by atoms with van der Waals surface area (Å²) in [6.07, 6.45) is 0.367. The summed E-state index contributed by atoms with van der Waals surface area (Å²) in [6.45, 7) is 0. The van der Waals surface area contributed by atoms with Gasteiger partial charge in [-0.1, -0.05) is 84.4 Å². The van der Waals surface area contributed by atoms with Crippen molar-refractivity contribution < 1.29 is 4.79 Å². The molecule has 0 saturated heterocycles. The maximum Gasteiger partial charge on any atom is 0.226 e. The van der Waals surface area contributed by atoms with Crippen LogP contribution >= 0.6 is 11.6 Å². The zero-order chi connectivity index (χ0) is 22.4. The van der Waals surface area contributed by atoms with Gasteiger partial charge < -0.3 is 5.32 Å². The Bertz CT molecular complexity index is 1490. The Balaban J connectivity index is 1.60. The fraction of sp³-hybridized carbons (Fsp3) is 0.0714. The van der Waals surface area contributed by atoms with Crippen LogP contribution in [0.5, 0.6) is 0 Å². The van der Waals surface area contributed by atoms with Crippen molar-refractivity contribution in [2.24, 2.45) is 0 Å². The van der Waals surface area contributed by atoms with E-state index < -0.39 is 0 Å². The third-order valence-electron chi connectivity index (χ3n) is 6.21. The standard InChI is InChI=1S/C28H20ClN3O/c29-22-14-12-19(13-15-22)27-26-24(21-11-10-18-6-4-5-7-20(18)16-21)17-25(33)30-28(26)32(31-27)23-8-2-1-3-9-23/h1-16,24H,17H2,(H,30,33). The molecule has 5 aromatic rings. The van der Waals surface area contributed by atoms with Crippen molar-refractivity contribution >= 4 is 34.1 Å². The Morgan fingerprint density at radius 3 is 2.36 bits per heavy atom. The number of hydrogen-bond acceptors (Lipinski definition) is 2. The number of rotatable bonds is 3. The second kappa shape index (κ2) is 7.91. The van der Waals surface area contributed by atoms with E-state index in [1.165, 1.54) is 5.39 Å². The number of halogens is 1. The second-order valence-electron chi connectivity index (χ2n) is 8.28. The number of benzene rings is 4. The highest BCUT2D eigenvalue weighted by Gasteiger charge is 2.34. The van der Waals surface area contributed by atoms with Gasteiger partial charge in [-0.2, -0.15) is 5.10 Å². The molecule has 0 radical (unpaired) electrons. The van der Waals surface area contributed by atoms with Crippen LogP contribution in [0.4, 0.5) is 5.82 Å². The SMILES string of the molecule is O=C1CC(c2ccc3ccccc3c2)c2c(-c3ccc(Cl)cc3)nn(-c3ccccc3)c2N1. The lowest BCUT2D eigenvalue weighted by molar-refractivity contribution is -0.116. The molecule has 0 bridgehead atoms. The fourth-order valence-electron chi connectivity index (χ4n) is 4.64. The van der Waals surface area contributed by atoms with Crippen LogP contribution in [0.15, 0.2) is 97.1 Å². The van der Waals surface area contributed by atoms with Crippen LogP contribution in [-0.4, -0.2) is 15.7 Å². The number of amides is 1. The van der Waals surface area contributed by atoms with Gasteiger partial charge in [-0.25, -0.2) is 4.68 Å². The van der Waals surface area contributed by atoms with Crippen LogP contribution in [0.3, 0.4) is 0 Å². The number of aromatic nitrogens is 2. The van der Waals surface area contributed by atoms with E-state index in [0.29, 0.717) is 11.4 Å². The molecule has 33 heavy (non-hydrogen) atoms. The molecular weight excluding hydrogens is 430 g/mol. The van der Waals surface area contributed by atoms with Crippen LogP contribution in [0, 0.1) is 0 Å². The molecule has 1 N–H and O–H groups in total. The van der Waals surface area contributed by atoms with E-state index in [1.807, 2.05) is 71.4 Å². The number of carbonyl (C=O) groups is 1. The molecule has 2 heterocycles. The van der Waals surface area contributed by atoms with Crippen molar-refractivity contribution in [1.82, 2.24) is 9.78 Å². The summed E-state index contributed by atoms with van der Waals surface area (Å²) in [6, 6.07) is 32.3. The Labute approximate surface area is 196 Å². The molecule has 0 spiro atoms. The van der Waals surface area contributed by atoms with Gasteiger partial charge in [-0.05, 0) is 40.6 Å². The van der Waals surface area contributed by atoms with Crippen molar-refractivity contribution in [2.75, 3.05) is 5.32 Å². The van der Waals surface area contributed by atoms with Crippen LogP contribution in [0.1, 0.15) is 23.5 Å². The lowest BCUT2D eigenvalue weighted by atomic mass is 9.83. The van der Waals surface area contributed by atoms with Gasteiger partial charge in [0.2, 0.25) is 5.91 Å². The smallest absolute Gasteiger partial charge is 0.226 e. The molecule has 4 aromatic carbocycles. The number of hydrogen-bond donors (Lipinski definition) is 1. The molecule has 0 saturated carbocycles. The minimum absolute atomic E-state index is 0.0135. The third-order valence-corrected chi connectivity index (χ3v) is 6.46. The molecule has 5 heteroatoms. The number of fused-ring (bicyclic) bond motifs is 2. The van der Waals surface area contributed by atoms with Gasteiger partial charge in [0.05, 0.1) is 11.4 Å². The van der Waals surface area contributed by atoms with Crippen molar-refractivity contribution in [2.45, 2.75) is 12.3 Å². The summed E-state index contributed by atoms with van der Waals surface area (Å²) in [5.41, 5.74) is 4.84. The van der Waals surface area contributed by atoms with E-state index in [1.54, 1.807) is 0 Å². The largest absolute Gasteiger partial charge is 0.310 e. The van der Waals surface area contributed by atoms with E-state index in [-0.39, 0.29) is 11.8 Å². The predicted molar refractivity (Wildman–Crippen MR) is 133 cm³/mol. The lowest BCUT2D eigenvalue weighted by Gasteiger charge is -2.25. The highest BCUT2D eigenvalue weighted by Crippen LogP contribution is 2.44. The summed E-state index contributed by atoms with van der Waals surface area (Å²) >= 11 is 6.16. The quantitative estimate of drug-likeness (QED) is 0.328. The first-order valence-electron chi connectivity index (χ1n) is 10.9. The van der Waals surface area contributed by atoms with Crippen molar-refractivity contribution in [1.29, 1.82) is 0 Å². The number of nitrogens with one attached hydrogen (secondary N) is 1. The average molecular weight is 450 g/mol. The highest BCUT2D eigenvalue weighted by molar-refractivity contribution is 6.30. The Morgan fingerprint density at radius 2 is 1.58 bits per heavy atom. The first-order chi connectivity index (χ1) is 16.2. The number of nitrogens with zero attached hydrogens (tertiary/aromatic N) is 2. The Hall–Kier alpha value is -3.89. The zero-order valence-corrected chi connectivity index (χ0v) is 18.5. The first-order valence-corrected chi connectivity index (χ1v) is 11.3. The molecule has 1 aliphatic rings. The maximum atomic E-state index is 12.9. The van der Waals surface area contributed by atoms with E-state index >= 15 is 0 Å². The van der Waals surface area contributed by atoms with Gasteiger partial charge in [-0.15, -0.1) is 0 Å². The maximum absolute atomic E-state index is 12.9. The minimum atomic E-state index is -0.110. The fourth-order valence-corrected chi connectivity index (χ4v) is 4.76. The minimum Gasteiger partial charge on any atom is -0.310 e. The molecule has 1 aromatic heterocycles. The topological polar surface area (TPSA) is 46.9 Å². The van der Waals surface area contributed by atoms with E-state index in [9.17, 15) is 4.79 Å². The molecule has 6 rings (SSSR count). The summed E-state index contributed by atoms with van der Waals surface area (Å²) in [7, 11) is 0. The molecule has 0 fully saturated rings. The monoisotopic (exact) mass is 449 g/mol. The number of anilines is 1. The number of para-hydroxylation sites is 1. The summed E-state index contributed by atoms with van der Waals surface area (Å²) in [5, 5.41) is 11.1. The van der Waals surface area contributed by atoms with Gasteiger partial charge >= 0.3 is 0 Å². The van der Waals surface area contributed by atoms with E-state index in [0.717, 1.165) is 39.3 Å². The van der Waals surface area contributed by atoms with Gasteiger partial charge in [0.25, 0.3) is 0 Å².